The number of hydrogen-bond donors (Lipinski definition) is 3. The number of methoxy groups -OCH3 is 2. The number of para-hydroxylation sites is 1. The summed E-state index contributed by atoms with van der Waals surface area (Å²) < 4.78 is 25.5. The fourth-order valence-corrected chi connectivity index (χ4v) is 4.28. The molecule has 3 heterocycles. The summed E-state index contributed by atoms with van der Waals surface area (Å²) in [5.41, 5.74) is 2.42. The van der Waals surface area contributed by atoms with E-state index < -0.39 is 11.2 Å². The van der Waals surface area contributed by atoms with Crippen molar-refractivity contribution in [2.45, 2.75) is 18.8 Å². The summed E-state index contributed by atoms with van der Waals surface area (Å²) in [5.74, 6) is -0.342. The van der Waals surface area contributed by atoms with Gasteiger partial charge < -0.3 is 25.1 Å². The lowest BCUT2D eigenvalue weighted by molar-refractivity contribution is 0.0913. The topological polar surface area (TPSA) is 88.3 Å². The minimum absolute atomic E-state index is 0.254. The van der Waals surface area contributed by atoms with E-state index in [1.54, 1.807) is 31.4 Å². The first-order valence-corrected chi connectivity index (χ1v) is 10.5. The van der Waals surface area contributed by atoms with Crippen molar-refractivity contribution < 1.29 is 18.7 Å². The van der Waals surface area contributed by atoms with Gasteiger partial charge in [-0.3, -0.25) is 9.78 Å². The summed E-state index contributed by atoms with van der Waals surface area (Å²) in [4.78, 5) is 20.2. The molecule has 1 aliphatic heterocycles. The number of nitrogens with one attached hydrogen (secondary N) is 3. The number of nitrogens with zero attached hydrogens (tertiary/aromatic N) is 1. The van der Waals surface area contributed by atoms with Gasteiger partial charge in [-0.05, 0) is 24.6 Å². The Morgan fingerprint density at radius 3 is 2.84 bits per heavy atom. The van der Waals surface area contributed by atoms with Crippen molar-refractivity contribution in [1.82, 2.24) is 15.3 Å². The van der Waals surface area contributed by atoms with Gasteiger partial charge in [0.2, 0.25) is 0 Å². The molecule has 2 aromatic heterocycles. The first kappa shape index (κ1) is 22.1. The maximum Gasteiger partial charge on any atom is 0.255 e. The number of pyridine rings is 1. The lowest BCUT2D eigenvalue weighted by Crippen LogP contribution is -2.45. The number of amides is 1. The van der Waals surface area contributed by atoms with E-state index in [0.717, 1.165) is 6.20 Å². The highest BCUT2D eigenvalue weighted by Gasteiger charge is 2.40. The van der Waals surface area contributed by atoms with Gasteiger partial charge in [0, 0.05) is 43.1 Å². The summed E-state index contributed by atoms with van der Waals surface area (Å²) in [6.07, 6.45) is 3.31. The van der Waals surface area contributed by atoms with Crippen molar-refractivity contribution >= 4 is 28.9 Å². The van der Waals surface area contributed by atoms with Gasteiger partial charge in [-0.25, -0.2) is 4.39 Å². The Labute approximate surface area is 190 Å². The van der Waals surface area contributed by atoms with E-state index in [2.05, 4.69) is 20.6 Å². The molecule has 3 aromatic rings. The van der Waals surface area contributed by atoms with Gasteiger partial charge in [-0.15, -0.1) is 0 Å². The Morgan fingerprint density at radius 1 is 1.31 bits per heavy atom. The van der Waals surface area contributed by atoms with Gasteiger partial charge in [0.15, 0.2) is 11.6 Å². The van der Waals surface area contributed by atoms with Gasteiger partial charge in [0.1, 0.15) is 0 Å². The van der Waals surface area contributed by atoms with E-state index in [1.807, 2.05) is 6.92 Å². The molecule has 0 bridgehead atoms. The number of carbonyl (C=O) groups excluding carboxylic acids is 1. The second kappa shape index (κ2) is 8.80. The van der Waals surface area contributed by atoms with Crippen LogP contribution in [-0.2, 0) is 10.2 Å². The first-order valence-electron chi connectivity index (χ1n) is 10.1. The van der Waals surface area contributed by atoms with Crippen molar-refractivity contribution in [2.75, 3.05) is 32.7 Å². The highest BCUT2D eigenvalue weighted by Crippen LogP contribution is 2.45. The Hall–Kier alpha value is -3.10. The molecule has 1 atom stereocenters. The lowest BCUT2D eigenvalue weighted by Gasteiger charge is -2.34. The molecule has 1 aromatic carbocycles. The van der Waals surface area contributed by atoms with Crippen LogP contribution in [0.25, 0.3) is 11.3 Å². The monoisotopic (exact) mass is 458 g/mol. The zero-order chi connectivity index (χ0) is 22.9. The third-order valence-corrected chi connectivity index (χ3v) is 6.10. The molecule has 4 rings (SSSR count). The molecule has 0 radical (unpaired) electrons. The fourth-order valence-electron chi connectivity index (χ4n) is 4.03. The number of fused-ring (bicyclic) bond motifs is 1. The number of aromatic nitrogens is 2. The van der Waals surface area contributed by atoms with Crippen molar-refractivity contribution in [2.24, 2.45) is 0 Å². The zero-order valence-corrected chi connectivity index (χ0v) is 18.8. The molecule has 1 amide bonds. The third kappa shape index (κ3) is 3.80. The van der Waals surface area contributed by atoms with E-state index in [-0.39, 0.29) is 5.91 Å². The quantitative estimate of drug-likeness (QED) is 0.479. The van der Waals surface area contributed by atoms with Crippen LogP contribution in [-0.4, -0.2) is 43.2 Å². The molecule has 0 saturated carbocycles. The van der Waals surface area contributed by atoms with Crippen LogP contribution in [0.2, 0.25) is 5.02 Å². The molecule has 0 unspecified atom stereocenters. The third-order valence-electron chi connectivity index (χ3n) is 5.80. The molecule has 0 aliphatic carbocycles. The second-order valence-corrected chi connectivity index (χ2v) is 8.32. The molecule has 7 nitrogen and oxygen atoms in total. The molecule has 1 aliphatic rings. The standard InChI is InChI=1S/C23H24ClFN4O3/c1-23(8-10-31-2)12-27-22(30)17-19(28-16-6-4-5-14(24)20(16)32-3)18(29-21(17)23)13-7-9-26-11-15(13)25/h4-7,9,11,28-29H,8,10,12H2,1-3H3,(H,27,30)/t23-/m1/s1. The van der Waals surface area contributed by atoms with Crippen molar-refractivity contribution in [3.05, 3.63) is 58.8 Å². The van der Waals surface area contributed by atoms with Crippen LogP contribution in [0.1, 0.15) is 29.4 Å². The predicted molar refractivity (Wildman–Crippen MR) is 121 cm³/mol. The van der Waals surface area contributed by atoms with Crippen LogP contribution in [0.4, 0.5) is 15.8 Å². The van der Waals surface area contributed by atoms with Gasteiger partial charge in [-0.1, -0.05) is 24.6 Å². The van der Waals surface area contributed by atoms with Gasteiger partial charge >= 0.3 is 0 Å². The number of benzene rings is 1. The molecule has 3 N–H and O–H groups in total. The van der Waals surface area contributed by atoms with Crippen LogP contribution in [0.3, 0.4) is 0 Å². The van der Waals surface area contributed by atoms with Crippen LogP contribution < -0.4 is 15.4 Å². The largest absolute Gasteiger partial charge is 0.493 e. The van der Waals surface area contributed by atoms with Gasteiger partial charge in [-0.2, -0.15) is 0 Å². The van der Waals surface area contributed by atoms with E-state index in [0.29, 0.717) is 64.2 Å². The summed E-state index contributed by atoms with van der Waals surface area (Å²) in [5, 5.41) is 6.65. The highest BCUT2D eigenvalue weighted by atomic mass is 35.5. The number of rotatable bonds is 7. The fraction of sp³-hybridized carbons (Fsp3) is 0.304. The number of H-pyrrole nitrogens is 1. The normalized spacial score (nSPS) is 17.6. The molecule has 0 saturated heterocycles. The zero-order valence-electron chi connectivity index (χ0n) is 18.0. The predicted octanol–water partition coefficient (Wildman–Crippen LogP) is 4.66. The summed E-state index contributed by atoms with van der Waals surface area (Å²) in [6.45, 7) is 2.98. The Kier molecular flexibility index (Phi) is 6.08. The van der Waals surface area contributed by atoms with Crippen LogP contribution in [0.5, 0.6) is 5.75 Å². The smallest absolute Gasteiger partial charge is 0.255 e. The van der Waals surface area contributed by atoms with E-state index in [4.69, 9.17) is 21.1 Å². The molecule has 9 heteroatoms. The van der Waals surface area contributed by atoms with E-state index in [1.165, 1.54) is 13.3 Å². The Balaban J connectivity index is 1.95. The number of ether oxygens (including phenoxy) is 2. The highest BCUT2D eigenvalue weighted by molar-refractivity contribution is 6.32. The molecular formula is C23H24ClFN4O3. The summed E-state index contributed by atoms with van der Waals surface area (Å²) >= 11 is 6.29. The van der Waals surface area contributed by atoms with Gasteiger partial charge in [0.05, 0.1) is 41.0 Å². The Morgan fingerprint density at radius 2 is 2.12 bits per heavy atom. The maximum atomic E-state index is 14.8. The number of halogens is 2. The molecule has 32 heavy (non-hydrogen) atoms. The SMILES string of the molecule is COCC[C@]1(C)CNC(=O)c2c1[nH]c(-c1ccncc1F)c2Nc1cccc(Cl)c1OC. The van der Waals surface area contributed by atoms with Gasteiger partial charge in [0.25, 0.3) is 5.91 Å². The summed E-state index contributed by atoms with van der Waals surface area (Å²) in [7, 11) is 3.15. The minimum Gasteiger partial charge on any atom is -0.493 e. The van der Waals surface area contributed by atoms with Crippen LogP contribution in [0.15, 0.2) is 36.7 Å². The van der Waals surface area contributed by atoms with Crippen LogP contribution >= 0.6 is 11.6 Å². The first-order chi connectivity index (χ1) is 15.4. The average molecular weight is 459 g/mol. The number of anilines is 2. The van der Waals surface area contributed by atoms with Crippen molar-refractivity contribution in [3.63, 3.8) is 0 Å². The van der Waals surface area contributed by atoms with Crippen molar-refractivity contribution in [1.29, 1.82) is 0 Å². The average Bonchev–Trinajstić information content (AvgIpc) is 3.16. The van der Waals surface area contributed by atoms with E-state index >= 15 is 0 Å². The van der Waals surface area contributed by atoms with E-state index in [9.17, 15) is 9.18 Å². The van der Waals surface area contributed by atoms with Crippen LogP contribution in [0, 0.1) is 5.82 Å². The molecular weight excluding hydrogens is 435 g/mol. The molecule has 0 fully saturated rings. The number of aromatic amines is 1. The summed E-state index contributed by atoms with van der Waals surface area (Å²) in [6, 6.07) is 6.82. The number of carbonyl (C=O) groups is 1. The molecule has 0 spiro atoms. The Bertz CT molecular complexity index is 1170. The minimum atomic E-state index is -0.508. The second-order valence-electron chi connectivity index (χ2n) is 7.91. The maximum absolute atomic E-state index is 14.8. The van der Waals surface area contributed by atoms with Crippen molar-refractivity contribution in [3.8, 4) is 17.0 Å². The number of hydrogen-bond acceptors (Lipinski definition) is 5. The lowest BCUT2D eigenvalue weighted by atomic mass is 9.79. The molecule has 168 valence electrons.